The molecule has 26 heavy (non-hydrogen) atoms. The molecule has 2 unspecified atom stereocenters. The Kier molecular flexibility index (Phi) is 4.27. The number of carbonyl (C=O) groups excluding carboxylic acids is 1. The predicted molar refractivity (Wildman–Crippen MR) is 100 cm³/mol. The molecule has 4 rings (SSSR count). The fourth-order valence-electron chi connectivity index (χ4n) is 3.12. The fraction of sp³-hybridized carbons (Fsp3) is 0.143. The topological polar surface area (TPSA) is 52.9 Å². The van der Waals surface area contributed by atoms with Crippen LogP contribution in [-0.4, -0.2) is 5.91 Å². The van der Waals surface area contributed by atoms with Crippen LogP contribution < -0.4 is 5.32 Å². The molecule has 5 heteroatoms. The van der Waals surface area contributed by atoms with Crippen molar-refractivity contribution in [1.29, 1.82) is 5.26 Å². The van der Waals surface area contributed by atoms with E-state index in [1.807, 2.05) is 30.3 Å². The highest BCUT2D eigenvalue weighted by molar-refractivity contribution is 7.19. The van der Waals surface area contributed by atoms with Crippen LogP contribution in [0.5, 0.6) is 0 Å². The Balaban J connectivity index is 1.51. The van der Waals surface area contributed by atoms with Crippen molar-refractivity contribution in [2.45, 2.75) is 12.3 Å². The molecule has 1 fully saturated rings. The van der Waals surface area contributed by atoms with E-state index < -0.39 is 0 Å². The van der Waals surface area contributed by atoms with Gasteiger partial charge in [-0.2, -0.15) is 5.26 Å². The van der Waals surface area contributed by atoms with E-state index in [1.165, 1.54) is 17.4 Å². The first-order valence-corrected chi connectivity index (χ1v) is 9.13. The Hall–Kier alpha value is -2.97. The third-order valence-corrected chi connectivity index (χ3v) is 5.68. The van der Waals surface area contributed by atoms with Gasteiger partial charge in [-0.3, -0.25) is 4.79 Å². The zero-order valence-corrected chi connectivity index (χ0v) is 14.6. The average Bonchev–Trinajstić information content (AvgIpc) is 3.36. The molecule has 1 aliphatic rings. The first-order valence-electron chi connectivity index (χ1n) is 8.32. The van der Waals surface area contributed by atoms with E-state index in [4.69, 9.17) is 0 Å². The van der Waals surface area contributed by atoms with Gasteiger partial charge in [0.1, 0.15) is 16.9 Å². The third-order valence-electron chi connectivity index (χ3n) is 4.58. The van der Waals surface area contributed by atoms with E-state index in [-0.39, 0.29) is 23.6 Å². The molecular formula is C21H15FN2OS. The Morgan fingerprint density at radius 1 is 1.15 bits per heavy atom. The number of anilines is 1. The van der Waals surface area contributed by atoms with E-state index in [1.54, 1.807) is 24.3 Å². The monoisotopic (exact) mass is 362 g/mol. The van der Waals surface area contributed by atoms with E-state index in [9.17, 15) is 14.4 Å². The number of nitrogens with zero attached hydrogens (tertiary/aromatic N) is 1. The second-order valence-electron chi connectivity index (χ2n) is 6.29. The Morgan fingerprint density at radius 2 is 1.88 bits per heavy atom. The minimum atomic E-state index is -0.270. The standard InChI is InChI=1S/C21H15FN2OS/c22-18-9-5-4-8-15(18)16-11-17(16)20(25)24-21-14(12-23)10-19(26-21)13-6-2-1-3-7-13/h1-10,16-17H,11H2,(H,24,25). The molecule has 2 aromatic carbocycles. The molecule has 0 radical (unpaired) electrons. The van der Waals surface area contributed by atoms with Crippen molar-refractivity contribution >= 4 is 22.2 Å². The van der Waals surface area contributed by atoms with Gasteiger partial charge in [0.2, 0.25) is 5.91 Å². The van der Waals surface area contributed by atoms with Gasteiger partial charge in [-0.05, 0) is 35.6 Å². The Labute approximate surface area is 154 Å². The molecule has 2 atom stereocenters. The van der Waals surface area contributed by atoms with Crippen LogP contribution in [0.15, 0.2) is 60.7 Å². The lowest BCUT2D eigenvalue weighted by molar-refractivity contribution is -0.117. The van der Waals surface area contributed by atoms with Crippen LogP contribution >= 0.6 is 11.3 Å². The van der Waals surface area contributed by atoms with Crippen LogP contribution in [0.4, 0.5) is 9.39 Å². The summed E-state index contributed by atoms with van der Waals surface area (Å²) in [4.78, 5) is 13.5. The summed E-state index contributed by atoms with van der Waals surface area (Å²) in [5.74, 6) is -0.764. The van der Waals surface area contributed by atoms with Gasteiger partial charge in [0.05, 0.1) is 5.56 Å². The fourth-order valence-corrected chi connectivity index (χ4v) is 4.14. The molecule has 1 amide bonds. The number of benzene rings is 2. The Morgan fingerprint density at radius 3 is 2.62 bits per heavy atom. The SMILES string of the molecule is N#Cc1cc(-c2ccccc2)sc1NC(=O)C1CC1c1ccccc1F. The van der Waals surface area contributed by atoms with Crippen molar-refractivity contribution in [1.82, 2.24) is 0 Å². The second kappa shape index (κ2) is 6.74. The summed E-state index contributed by atoms with van der Waals surface area (Å²) < 4.78 is 13.9. The number of carbonyl (C=O) groups is 1. The molecule has 0 spiro atoms. The summed E-state index contributed by atoms with van der Waals surface area (Å²) >= 11 is 1.38. The highest BCUT2D eigenvalue weighted by Gasteiger charge is 2.45. The molecule has 0 saturated heterocycles. The second-order valence-corrected chi connectivity index (χ2v) is 7.34. The van der Waals surface area contributed by atoms with Gasteiger partial charge in [0, 0.05) is 10.8 Å². The first kappa shape index (κ1) is 16.5. The van der Waals surface area contributed by atoms with Gasteiger partial charge in [-0.1, -0.05) is 48.5 Å². The molecule has 1 N–H and O–H groups in total. The molecule has 0 aliphatic heterocycles. The van der Waals surface area contributed by atoms with Crippen LogP contribution in [-0.2, 0) is 4.79 Å². The molecule has 3 nitrogen and oxygen atoms in total. The highest BCUT2D eigenvalue weighted by atomic mass is 32.1. The Bertz CT molecular complexity index is 1010. The normalized spacial score (nSPS) is 18.2. The number of hydrogen-bond acceptors (Lipinski definition) is 3. The predicted octanol–water partition coefficient (Wildman–Crippen LogP) is 5.17. The van der Waals surface area contributed by atoms with Gasteiger partial charge < -0.3 is 5.32 Å². The smallest absolute Gasteiger partial charge is 0.228 e. The van der Waals surface area contributed by atoms with Crippen LogP contribution in [0.2, 0.25) is 0 Å². The summed E-state index contributed by atoms with van der Waals surface area (Å²) in [6.45, 7) is 0. The average molecular weight is 362 g/mol. The summed E-state index contributed by atoms with van der Waals surface area (Å²) in [5.41, 5.74) is 2.04. The number of nitrogens with one attached hydrogen (secondary N) is 1. The van der Waals surface area contributed by atoms with E-state index in [2.05, 4.69) is 11.4 Å². The van der Waals surface area contributed by atoms with Crippen molar-refractivity contribution in [2.24, 2.45) is 5.92 Å². The van der Waals surface area contributed by atoms with Crippen LogP contribution in [0.3, 0.4) is 0 Å². The van der Waals surface area contributed by atoms with Crippen LogP contribution in [0.25, 0.3) is 10.4 Å². The molecule has 0 bridgehead atoms. The largest absolute Gasteiger partial charge is 0.316 e. The first-order chi connectivity index (χ1) is 12.7. The molecule has 128 valence electrons. The van der Waals surface area contributed by atoms with Crippen LogP contribution in [0, 0.1) is 23.1 Å². The van der Waals surface area contributed by atoms with Gasteiger partial charge in [-0.15, -0.1) is 11.3 Å². The van der Waals surface area contributed by atoms with Crippen molar-refractivity contribution in [3.05, 3.63) is 77.6 Å². The van der Waals surface area contributed by atoms with E-state index in [0.717, 1.165) is 10.4 Å². The number of hydrogen-bond donors (Lipinski definition) is 1. The molecule has 1 heterocycles. The maximum atomic E-state index is 13.9. The van der Waals surface area contributed by atoms with Crippen LogP contribution in [0.1, 0.15) is 23.5 Å². The molecule has 1 aromatic heterocycles. The zero-order valence-electron chi connectivity index (χ0n) is 13.8. The van der Waals surface area contributed by atoms with Crippen molar-refractivity contribution in [2.75, 3.05) is 5.32 Å². The van der Waals surface area contributed by atoms with E-state index in [0.29, 0.717) is 22.5 Å². The molecule has 1 saturated carbocycles. The quantitative estimate of drug-likeness (QED) is 0.696. The lowest BCUT2D eigenvalue weighted by Gasteiger charge is -2.04. The summed E-state index contributed by atoms with van der Waals surface area (Å²) in [7, 11) is 0. The minimum Gasteiger partial charge on any atom is -0.316 e. The molecule has 3 aromatic rings. The summed E-state index contributed by atoms with van der Waals surface area (Å²) in [6, 6.07) is 20.2. The summed E-state index contributed by atoms with van der Waals surface area (Å²) in [6.07, 6.45) is 0.631. The molecule has 1 aliphatic carbocycles. The highest BCUT2D eigenvalue weighted by Crippen LogP contribution is 2.49. The lowest BCUT2D eigenvalue weighted by atomic mass is 10.1. The van der Waals surface area contributed by atoms with Crippen molar-refractivity contribution in [3.8, 4) is 16.5 Å². The number of amides is 1. The maximum absolute atomic E-state index is 13.9. The van der Waals surface area contributed by atoms with Gasteiger partial charge >= 0.3 is 0 Å². The third kappa shape index (κ3) is 3.12. The van der Waals surface area contributed by atoms with Crippen molar-refractivity contribution < 1.29 is 9.18 Å². The minimum absolute atomic E-state index is 0.0877. The lowest BCUT2D eigenvalue weighted by Crippen LogP contribution is -2.14. The van der Waals surface area contributed by atoms with E-state index >= 15 is 0 Å². The van der Waals surface area contributed by atoms with Gasteiger partial charge in [-0.25, -0.2) is 4.39 Å². The number of halogens is 1. The van der Waals surface area contributed by atoms with Crippen molar-refractivity contribution in [3.63, 3.8) is 0 Å². The number of nitriles is 1. The number of rotatable bonds is 4. The number of thiophene rings is 1. The zero-order chi connectivity index (χ0) is 18.1. The van der Waals surface area contributed by atoms with Gasteiger partial charge in [0.25, 0.3) is 0 Å². The summed E-state index contributed by atoms with van der Waals surface area (Å²) in [5, 5.41) is 12.8. The molecular weight excluding hydrogens is 347 g/mol. The van der Waals surface area contributed by atoms with Gasteiger partial charge in [0.15, 0.2) is 0 Å². The maximum Gasteiger partial charge on any atom is 0.228 e.